The zero-order valence-corrected chi connectivity index (χ0v) is 35.7. The van der Waals surface area contributed by atoms with Gasteiger partial charge in [0, 0.05) is 82.6 Å². The average Bonchev–Trinajstić information content (AvgIpc) is 3.25. The normalized spacial score (nSPS) is 12.5. The standard InChI is InChI=1S/C46H53N5O10/c1-9-36(54)47-16-17-60-37(55)14-15-38(56)61-25-31(19-27(4)5)51(7)45(57)34-13-12-33-42-40(34)29(23-53)20-48-43(42)32-11-10-28(22-52)39-35(21-49-44(33)41(32)39)46(58)50(6)30(24-59-8)18-26(2)3/h9-13,20-23,26-27,30-31H,1,14-19,24-25H2,2-8H3,(H,47,54). The van der Waals surface area contributed by atoms with E-state index in [1.54, 1.807) is 50.4 Å². The highest BCUT2D eigenvalue weighted by atomic mass is 16.5. The van der Waals surface area contributed by atoms with E-state index in [1.807, 2.05) is 13.8 Å². The summed E-state index contributed by atoms with van der Waals surface area (Å²) in [7, 11) is 4.91. The van der Waals surface area contributed by atoms with Crippen LogP contribution in [0.15, 0.2) is 49.3 Å². The third-order valence-electron chi connectivity index (χ3n) is 10.8. The van der Waals surface area contributed by atoms with Crippen molar-refractivity contribution >= 4 is 85.6 Å². The number of fused-ring (bicyclic) bond motifs is 2. The number of carbonyl (C=O) groups is 7. The summed E-state index contributed by atoms with van der Waals surface area (Å²) >= 11 is 0. The van der Waals surface area contributed by atoms with E-state index in [9.17, 15) is 33.6 Å². The molecule has 2 heterocycles. The van der Waals surface area contributed by atoms with Gasteiger partial charge in [-0.05, 0) is 36.8 Å². The molecule has 0 radical (unpaired) electrons. The monoisotopic (exact) mass is 835 g/mol. The van der Waals surface area contributed by atoms with Gasteiger partial charge >= 0.3 is 11.9 Å². The first-order valence-electron chi connectivity index (χ1n) is 20.2. The third kappa shape index (κ3) is 10.00. The molecule has 61 heavy (non-hydrogen) atoms. The number of nitrogens with zero attached hydrogens (tertiary/aromatic N) is 4. The van der Waals surface area contributed by atoms with E-state index in [1.165, 1.54) is 17.3 Å². The fourth-order valence-electron chi connectivity index (χ4n) is 7.77. The summed E-state index contributed by atoms with van der Waals surface area (Å²) in [6.07, 6.45) is 6.02. The van der Waals surface area contributed by atoms with Gasteiger partial charge in [-0.25, -0.2) is 0 Å². The van der Waals surface area contributed by atoms with Crippen LogP contribution in [0.25, 0.3) is 43.4 Å². The molecule has 0 aliphatic rings. The molecule has 15 nitrogen and oxygen atoms in total. The quantitative estimate of drug-likeness (QED) is 0.0229. The van der Waals surface area contributed by atoms with Crippen molar-refractivity contribution in [1.29, 1.82) is 0 Å². The number of hydrogen-bond acceptors (Lipinski definition) is 12. The maximum absolute atomic E-state index is 14.5. The maximum Gasteiger partial charge on any atom is 0.306 e. The Kier molecular flexibility index (Phi) is 15.2. The number of ether oxygens (including phenoxy) is 3. The Morgan fingerprint density at radius 3 is 1.79 bits per heavy atom. The number of nitrogens with one attached hydrogen (secondary N) is 1. The van der Waals surface area contributed by atoms with E-state index in [0.29, 0.717) is 80.9 Å². The van der Waals surface area contributed by atoms with Gasteiger partial charge in [0.05, 0.1) is 54.7 Å². The molecule has 3 amide bonds. The molecule has 0 saturated carbocycles. The number of amides is 3. The highest BCUT2D eigenvalue weighted by Gasteiger charge is 2.30. The molecule has 0 aliphatic heterocycles. The van der Waals surface area contributed by atoms with E-state index in [2.05, 4.69) is 25.7 Å². The van der Waals surface area contributed by atoms with Crippen molar-refractivity contribution < 1.29 is 47.8 Å². The van der Waals surface area contributed by atoms with Crippen LogP contribution in [0.5, 0.6) is 0 Å². The van der Waals surface area contributed by atoms with Crippen LogP contribution in [-0.4, -0.2) is 122 Å². The number of carbonyl (C=O) groups excluding carboxylic acids is 7. The van der Waals surface area contributed by atoms with E-state index >= 15 is 0 Å². The summed E-state index contributed by atoms with van der Waals surface area (Å²) in [5.41, 5.74) is 1.85. The Morgan fingerprint density at radius 1 is 0.705 bits per heavy atom. The second kappa shape index (κ2) is 20.3. The number of methoxy groups -OCH3 is 1. The van der Waals surface area contributed by atoms with Crippen molar-refractivity contribution in [1.82, 2.24) is 25.1 Å². The topological polar surface area (TPSA) is 191 Å². The molecule has 5 aromatic rings. The second-order valence-corrected chi connectivity index (χ2v) is 15.9. The number of hydrogen-bond donors (Lipinski definition) is 1. The van der Waals surface area contributed by atoms with Gasteiger partial charge in [0.2, 0.25) is 5.91 Å². The molecule has 2 aromatic heterocycles. The van der Waals surface area contributed by atoms with Crippen LogP contribution in [0.3, 0.4) is 0 Å². The van der Waals surface area contributed by atoms with Crippen LogP contribution in [0.4, 0.5) is 0 Å². The second-order valence-electron chi connectivity index (χ2n) is 15.9. The zero-order valence-electron chi connectivity index (χ0n) is 35.7. The van der Waals surface area contributed by atoms with Crippen molar-refractivity contribution in [2.75, 3.05) is 47.6 Å². The molecule has 0 fully saturated rings. The molecule has 322 valence electrons. The van der Waals surface area contributed by atoms with E-state index in [-0.39, 0.29) is 73.1 Å². The Labute approximate surface area is 354 Å². The minimum atomic E-state index is -0.651. The van der Waals surface area contributed by atoms with Crippen LogP contribution in [0.2, 0.25) is 0 Å². The largest absolute Gasteiger partial charge is 0.464 e. The lowest BCUT2D eigenvalue weighted by Crippen LogP contribution is -2.41. The Balaban J connectivity index is 1.50. The van der Waals surface area contributed by atoms with E-state index < -0.39 is 29.8 Å². The van der Waals surface area contributed by atoms with Crippen molar-refractivity contribution in [2.45, 2.75) is 65.5 Å². The van der Waals surface area contributed by atoms with Crippen molar-refractivity contribution in [3.05, 3.63) is 71.6 Å². The minimum Gasteiger partial charge on any atom is -0.464 e. The number of aromatic nitrogens is 2. The van der Waals surface area contributed by atoms with Gasteiger partial charge in [-0.1, -0.05) is 52.5 Å². The van der Waals surface area contributed by atoms with Crippen molar-refractivity contribution in [2.24, 2.45) is 11.8 Å². The highest BCUT2D eigenvalue weighted by Crippen LogP contribution is 2.42. The predicted octanol–water partition coefficient (Wildman–Crippen LogP) is 5.94. The first kappa shape index (κ1) is 45.7. The summed E-state index contributed by atoms with van der Waals surface area (Å²) in [6, 6.07) is 5.93. The van der Waals surface area contributed by atoms with Gasteiger partial charge in [-0.2, -0.15) is 0 Å². The van der Waals surface area contributed by atoms with Crippen LogP contribution >= 0.6 is 0 Å². The average molecular weight is 836 g/mol. The summed E-state index contributed by atoms with van der Waals surface area (Å²) in [6.45, 7) is 11.6. The predicted molar refractivity (Wildman–Crippen MR) is 231 cm³/mol. The fraction of sp³-hybridized carbons (Fsp3) is 0.413. The van der Waals surface area contributed by atoms with Crippen LogP contribution in [-0.2, 0) is 28.6 Å². The highest BCUT2D eigenvalue weighted by molar-refractivity contribution is 6.36. The minimum absolute atomic E-state index is 0.0653. The molecule has 0 saturated heterocycles. The zero-order chi connectivity index (χ0) is 44.5. The molecular weight excluding hydrogens is 783 g/mol. The number of benzene rings is 3. The number of likely N-dealkylation sites (N-methyl/N-ethyl adjacent to an activating group) is 2. The smallest absolute Gasteiger partial charge is 0.306 e. The van der Waals surface area contributed by atoms with Gasteiger partial charge in [-0.15, -0.1) is 0 Å². The molecule has 0 aliphatic carbocycles. The lowest BCUT2D eigenvalue weighted by atomic mass is 9.88. The van der Waals surface area contributed by atoms with Gasteiger partial charge < -0.3 is 29.3 Å². The van der Waals surface area contributed by atoms with Gasteiger partial charge in [0.25, 0.3) is 11.8 Å². The molecule has 5 rings (SSSR count). The van der Waals surface area contributed by atoms with E-state index in [4.69, 9.17) is 24.2 Å². The lowest BCUT2D eigenvalue weighted by molar-refractivity contribution is -0.151. The first-order valence-corrected chi connectivity index (χ1v) is 20.2. The lowest BCUT2D eigenvalue weighted by Gasteiger charge is -2.30. The summed E-state index contributed by atoms with van der Waals surface area (Å²) in [4.78, 5) is 103. The molecule has 15 heteroatoms. The Morgan fingerprint density at radius 2 is 1.23 bits per heavy atom. The Hall–Kier alpha value is -6.35. The summed E-state index contributed by atoms with van der Waals surface area (Å²) < 4.78 is 16.1. The van der Waals surface area contributed by atoms with Gasteiger partial charge in [-0.3, -0.25) is 43.5 Å². The molecule has 3 aromatic carbocycles. The van der Waals surface area contributed by atoms with E-state index in [0.717, 1.165) is 6.08 Å². The first-order chi connectivity index (χ1) is 29.2. The maximum atomic E-state index is 14.5. The summed E-state index contributed by atoms with van der Waals surface area (Å²) in [5.74, 6) is -2.05. The van der Waals surface area contributed by atoms with Crippen LogP contribution in [0, 0.1) is 11.8 Å². The van der Waals surface area contributed by atoms with Crippen LogP contribution in [0.1, 0.15) is 94.8 Å². The van der Waals surface area contributed by atoms with Gasteiger partial charge in [0.15, 0.2) is 12.6 Å². The molecule has 0 spiro atoms. The fourth-order valence-corrected chi connectivity index (χ4v) is 7.77. The van der Waals surface area contributed by atoms with Crippen molar-refractivity contribution in [3.63, 3.8) is 0 Å². The number of rotatable bonds is 21. The SMILES string of the molecule is C=CC(=O)NCCOC(=O)CCC(=O)OCC(CC(C)C)N(C)C(=O)c1ccc2c3ncc(C(=O)N(C)C(COC)CC(C)C)c4c(C=O)ccc(c5ncc(C=O)c1c25)c43. The van der Waals surface area contributed by atoms with Gasteiger partial charge in [0.1, 0.15) is 13.2 Å². The summed E-state index contributed by atoms with van der Waals surface area (Å²) in [5, 5.41) is 5.47. The Bertz CT molecular complexity index is 2460. The molecule has 0 bridgehead atoms. The molecular formula is C46H53N5O10. The third-order valence-corrected chi connectivity index (χ3v) is 10.8. The van der Waals surface area contributed by atoms with Crippen molar-refractivity contribution in [3.8, 4) is 0 Å². The number of pyridine rings is 2. The molecule has 2 atom stereocenters. The van der Waals surface area contributed by atoms with Crippen LogP contribution < -0.4 is 5.32 Å². The number of esters is 2. The molecule has 1 N–H and O–H groups in total. The molecule has 2 unspecified atom stereocenters. The number of aldehydes is 2.